The lowest BCUT2D eigenvalue weighted by Crippen LogP contribution is -2.43. The monoisotopic (exact) mass is 229 g/mol. The third-order valence-corrected chi connectivity index (χ3v) is 5.07. The maximum atomic E-state index is 6.79. The fourth-order valence-corrected chi connectivity index (χ4v) is 3.87. The number of benzene rings is 1. The third kappa shape index (κ3) is 1.81. The minimum Gasteiger partial charge on any atom is -0.321 e. The number of fused-ring (bicyclic) bond motifs is 1. The fourth-order valence-electron chi connectivity index (χ4n) is 3.87. The first-order valence-electron chi connectivity index (χ1n) is 7.07. The van der Waals surface area contributed by atoms with Gasteiger partial charge in [-0.05, 0) is 48.6 Å². The van der Waals surface area contributed by atoms with Crippen LogP contribution in [0.5, 0.6) is 0 Å². The number of nitrogens with two attached hydrogens (primary N) is 1. The van der Waals surface area contributed by atoms with E-state index in [0.29, 0.717) is 5.92 Å². The van der Waals surface area contributed by atoms with E-state index in [1.807, 2.05) is 0 Å². The number of rotatable bonds is 1. The topological polar surface area (TPSA) is 26.0 Å². The van der Waals surface area contributed by atoms with Gasteiger partial charge in [0.05, 0.1) is 0 Å². The largest absolute Gasteiger partial charge is 0.321 e. The smallest absolute Gasteiger partial charge is 0.0444 e. The lowest BCUT2D eigenvalue weighted by atomic mass is 9.70. The highest BCUT2D eigenvalue weighted by Crippen LogP contribution is 2.46. The Bertz CT molecular complexity index is 404. The number of hydrogen-bond acceptors (Lipinski definition) is 1. The molecular formula is C16H23N. The van der Waals surface area contributed by atoms with Crippen LogP contribution in [0.1, 0.15) is 50.2 Å². The van der Waals surface area contributed by atoms with Crippen LogP contribution in [0.2, 0.25) is 0 Å². The highest BCUT2D eigenvalue weighted by Gasteiger charge is 2.42. The Balaban J connectivity index is 1.88. The van der Waals surface area contributed by atoms with Gasteiger partial charge in [0, 0.05) is 5.54 Å². The molecule has 3 rings (SSSR count). The summed E-state index contributed by atoms with van der Waals surface area (Å²) in [6, 6.07) is 8.82. The molecule has 1 saturated carbocycles. The van der Waals surface area contributed by atoms with Gasteiger partial charge in [-0.1, -0.05) is 44.0 Å². The van der Waals surface area contributed by atoms with Crippen LogP contribution < -0.4 is 5.73 Å². The van der Waals surface area contributed by atoms with E-state index >= 15 is 0 Å². The summed E-state index contributed by atoms with van der Waals surface area (Å²) in [6.45, 7) is 2.38. The first-order valence-corrected chi connectivity index (χ1v) is 7.07. The summed E-state index contributed by atoms with van der Waals surface area (Å²) in [7, 11) is 0. The molecule has 0 spiro atoms. The van der Waals surface area contributed by atoms with Crippen molar-refractivity contribution in [3.63, 3.8) is 0 Å². The van der Waals surface area contributed by atoms with Crippen LogP contribution in [0, 0.1) is 11.8 Å². The molecule has 0 aromatic heterocycles. The van der Waals surface area contributed by atoms with Crippen LogP contribution in [0.4, 0.5) is 0 Å². The zero-order valence-corrected chi connectivity index (χ0v) is 10.8. The van der Waals surface area contributed by atoms with Gasteiger partial charge in [-0.25, -0.2) is 0 Å². The van der Waals surface area contributed by atoms with Crippen molar-refractivity contribution in [2.45, 2.75) is 51.0 Å². The molecule has 0 amide bonds. The van der Waals surface area contributed by atoms with Crippen molar-refractivity contribution in [3.05, 3.63) is 35.4 Å². The first-order chi connectivity index (χ1) is 8.20. The average Bonchev–Trinajstić information content (AvgIpc) is 2.70. The number of hydrogen-bond donors (Lipinski definition) is 1. The summed E-state index contributed by atoms with van der Waals surface area (Å²) in [4.78, 5) is 0. The lowest BCUT2D eigenvalue weighted by Gasteiger charge is -2.39. The van der Waals surface area contributed by atoms with E-state index in [1.54, 1.807) is 0 Å². The summed E-state index contributed by atoms with van der Waals surface area (Å²) in [5.41, 5.74) is 9.71. The van der Waals surface area contributed by atoms with Crippen LogP contribution in [0.3, 0.4) is 0 Å². The van der Waals surface area contributed by atoms with E-state index in [1.165, 1.54) is 43.2 Å². The van der Waals surface area contributed by atoms with E-state index in [0.717, 1.165) is 12.3 Å². The van der Waals surface area contributed by atoms with Gasteiger partial charge in [-0.2, -0.15) is 0 Å². The van der Waals surface area contributed by atoms with Crippen LogP contribution in [0.25, 0.3) is 0 Å². The second kappa shape index (κ2) is 4.13. The Kier molecular flexibility index (Phi) is 2.74. The van der Waals surface area contributed by atoms with E-state index in [9.17, 15) is 0 Å². The Morgan fingerprint density at radius 1 is 1.12 bits per heavy atom. The van der Waals surface area contributed by atoms with E-state index < -0.39 is 0 Å². The van der Waals surface area contributed by atoms with Gasteiger partial charge < -0.3 is 5.73 Å². The third-order valence-electron chi connectivity index (χ3n) is 5.07. The molecule has 2 N–H and O–H groups in total. The van der Waals surface area contributed by atoms with Crippen molar-refractivity contribution in [2.75, 3.05) is 0 Å². The SMILES string of the molecule is CC1CCC(C2(N)CCc3ccccc32)CC1. The van der Waals surface area contributed by atoms with Gasteiger partial charge in [0.15, 0.2) is 0 Å². The fraction of sp³-hybridized carbons (Fsp3) is 0.625. The average molecular weight is 229 g/mol. The number of aryl methyl sites for hydroxylation is 1. The Morgan fingerprint density at radius 2 is 1.82 bits per heavy atom. The molecule has 0 bridgehead atoms. The predicted molar refractivity (Wildman–Crippen MR) is 71.8 cm³/mol. The molecule has 1 aromatic rings. The maximum Gasteiger partial charge on any atom is 0.0444 e. The molecule has 1 nitrogen and oxygen atoms in total. The molecule has 0 saturated heterocycles. The van der Waals surface area contributed by atoms with Crippen LogP contribution >= 0.6 is 0 Å². The second-order valence-electron chi connectivity index (χ2n) is 6.15. The standard InChI is InChI=1S/C16H23N/c1-12-6-8-14(9-7-12)16(17)11-10-13-4-2-3-5-15(13)16/h2-5,12,14H,6-11,17H2,1H3. The molecule has 2 aliphatic carbocycles. The second-order valence-corrected chi connectivity index (χ2v) is 6.15. The van der Waals surface area contributed by atoms with Gasteiger partial charge in [-0.3, -0.25) is 0 Å². The molecule has 0 heterocycles. The van der Waals surface area contributed by atoms with E-state index in [4.69, 9.17) is 5.73 Å². The highest BCUT2D eigenvalue weighted by molar-refractivity contribution is 5.39. The molecular weight excluding hydrogens is 206 g/mol. The van der Waals surface area contributed by atoms with Gasteiger partial charge in [0.2, 0.25) is 0 Å². The summed E-state index contributed by atoms with van der Waals surface area (Å²) in [5, 5.41) is 0. The highest BCUT2D eigenvalue weighted by atomic mass is 14.8. The maximum absolute atomic E-state index is 6.79. The van der Waals surface area contributed by atoms with Crippen molar-refractivity contribution < 1.29 is 0 Å². The molecule has 1 unspecified atom stereocenters. The normalized spacial score (nSPS) is 36.8. The Hall–Kier alpha value is -0.820. The minimum absolute atomic E-state index is 0.0171. The molecule has 1 heteroatoms. The quantitative estimate of drug-likeness (QED) is 0.782. The van der Waals surface area contributed by atoms with Crippen LogP contribution in [-0.4, -0.2) is 0 Å². The predicted octanol–water partition coefficient (Wildman–Crippen LogP) is 3.61. The molecule has 17 heavy (non-hydrogen) atoms. The first kappa shape index (κ1) is 11.3. The van der Waals surface area contributed by atoms with Gasteiger partial charge >= 0.3 is 0 Å². The van der Waals surface area contributed by atoms with Gasteiger partial charge in [0.1, 0.15) is 0 Å². The van der Waals surface area contributed by atoms with Gasteiger partial charge in [-0.15, -0.1) is 0 Å². The zero-order valence-electron chi connectivity index (χ0n) is 10.8. The molecule has 1 fully saturated rings. The van der Waals surface area contributed by atoms with E-state index in [2.05, 4.69) is 31.2 Å². The molecule has 1 aromatic carbocycles. The summed E-state index contributed by atoms with van der Waals surface area (Å²) in [5.74, 6) is 1.62. The lowest BCUT2D eigenvalue weighted by molar-refractivity contribution is 0.178. The van der Waals surface area contributed by atoms with Gasteiger partial charge in [0.25, 0.3) is 0 Å². The molecule has 0 radical (unpaired) electrons. The molecule has 92 valence electrons. The van der Waals surface area contributed by atoms with Crippen molar-refractivity contribution in [2.24, 2.45) is 17.6 Å². The molecule has 2 aliphatic rings. The molecule has 0 aliphatic heterocycles. The summed E-state index contributed by atoms with van der Waals surface area (Å²) in [6.07, 6.45) is 7.72. The Labute approximate surface area is 104 Å². The Morgan fingerprint density at radius 3 is 2.59 bits per heavy atom. The van der Waals surface area contributed by atoms with Crippen LogP contribution in [-0.2, 0) is 12.0 Å². The van der Waals surface area contributed by atoms with Crippen molar-refractivity contribution in [1.29, 1.82) is 0 Å². The molecule has 1 atom stereocenters. The van der Waals surface area contributed by atoms with Crippen LogP contribution in [0.15, 0.2) is 24.3 Å². The van der Waals surface area contributed by atoms with Crippen molar-refractivity contribution >= 4 is 0 Å². The van der Waals surface area contributed by atoms with Crippen molar-refractivity contribution in [1.82, 2.24) is 0 Å². The zero-order chi connectivity index (χ0) is 11.9. The summed E-state index contributed by atoms with van der Waals surface area (Å²) >= 11 is 0. The summed E-state index contributed by atoms with van der Waals surface area (Å²) < 4.78 is 0. The van der Waals surface area contributed by atoms with E-state index in [-0.39, 0.29) is 5.54 Å². The van der Waals surface area contributed by atoms with Crippen molar-refractivity contribution in [3.8, 4) is 0 Å². The minimum atomic E-state index is -0.0171.